The summed E-state index contributed by atoms with van der Waals surface area (Å²) in [5, 5.41) is 2.58. The molecule has 0 heterocycles. The predicted octanol–water partition coefficient (Wildman–Crippen LogP) is 5.40. The third kappa shape index (κ3) is 2.58. The Balaban J connectivity index is 2.02. The SMILES string of the molecule is C/C(=C\c1ccccc1)c1ccc2ccccc2c1. The minimum Gasteiger partial charge on any atom is -0.0622 e. The van der Waals surface area contributed by atoms with E-state index in [-0.39, 0.29) is 0 Å². The molecule has 0 saturated heterocycles. The zero-order valence-electron chi connectivity index (χ0n) is 11.0. The average molecular weight is 244 g/mol. The van der Waals surface area contributed by atoms with Crippen molar-refractivity contribution in [3.8, 4) is 0 Å². The van der Waals surface area contributed by atoms with E-state index >= 15 is 0 Å². The minimum atomic E-state index is 1.24. The van der Waals surface area contributed by atoms with Crippen LogP contribution >= 0.6 is 0 Å². The van der Waals surface area contributed by atoms with Crippen LogP contribution in [-0.2, 0) is 0 Å². The van der Waals surface area contributed by atoms with E-state index < -0.39 is 0 Å². The van der Waals surface area contributed by atoms with Gasteiger partial charge in [0.2, 0.25) is 0 Å². The normalized spacial score (nSPS) is 11.7. The summed E-state index contributed by atoms with van der Waals surface area (Å²) in [6.07, 6.45) is 2.23. The van der Waals surface area contributed by atoms with Crippen LogP contribution in [0.25, 0.3) is 22.4 Å². The monoisotopic (exact) mass is 244 g/mol. The second-order valence-electron chi connectivity index (χ2n) is 4.80. The maximum absolute atomic E-state index is 2.25. The van der Waals surface area contributed by atoms with Crippen LogP contribution in [-0.4, -0.2) is 0 Å². The summed E-state index contributed by atoms with van der Waals surface area (Å²) in [6, 6.07) is 25.5. The summed E-state index contributed by atoms with van der Waals surface area (Å²) >= 11 is 0. The van der Waals surface area contributed by atoms with Crippen molar-refractivity contribution in [2.24, 2.45) is 0 Å². The van der Waals surface area contributed by atoms with Crippen LogP contribution in [0.2, 0.25) is 0 Å². The van der Waals surface area contributed by atoms with E-state index in [1.54, 1.807) is 0 Å². The molecule has 92 valence electrons. The molecule has 3 aromatic rings. The molecule has 0 amide bonds. The Labute approximate surface area is 114 Å². The fraction of sp³-hybridized carbons (Fsp3) is 0.0526. The Bertz CT molecular complexity index is 721. The van der Waals surface area contributed by atoms with Crippen LogP contribution < -0.4 is 0 Å². The Morgan fingerprint density at radius 3 is 2.21 bits per heavy atom. The number of fused-ring (bicyclic) bond motifs is 1. The van der Waals surface area contributed by atoms with Gasteiger partial charge in [-0.25, -0.2) is 0 Å². The molecule has 0 spiro atoms. The van der Waals surface area contributed by atoms with Crippen LogP contribution in [0.4, 0.5) is 0 Å². The van der Waals surface area contributed by atoms with E-state index in [1.807, 2.05) is 6.07 Å². The van der Waals surface area contributed by atoms with Crippen molar-refractivity contribution in [2.75, 3.05) is 0 Å². The van der Waals surface area contributed by atoms with E-state index in [4.69, 9.17) is 0 Å². The summed E-state index contributed by atoms with van der Waals surface area (Å²) in [5.41, 5.74) is 3.81. The van der Waals surface area contributed by atoms with Crippen molar-refractivity contribution in [2.45, 2.75) is 6.92 Å². The van der Waals surface area contributed by atoms with E-state index in [0.29, 0.717) is 0 Å². The molecule has 0 aliphatic heterocycles. The van der Waals surface area contributed by atoms with Crippen molar-refractivity contribution in [1.82, 2.24) is 0 Å². The summed E-state index contributed by atoms with van der Waals surface area (Å²) in [5.74, 6) is 0. The molecule has 0 unspecified atom stereocenters. The molecule has 0 saturated carbocycles. The van der Waals surface area contributed by atoms with Gasteiger partial charge >= 0.3 is 0 Å². The lowest BCUT2D eigenvalue weighted by Crippen LogP contribution is -1.81. The summed E-state index contributed by atoms with van der Waals surface area (Å²) in [7, 11) is 0. The highest BCUT2D eigenvalue weighted by Gasteiger charge is 1.98. The van der Waals surface area contributed by atoms with Crippen LogP contribution in [0.1, 0.15) is 18.1 Å². The molecule has 0 nitrogen and oxygen atoms in total. The number of hydrogen-bond donors (Lipinski definition) is 0. The second kappa shape index (κ2) is 5.11. The molecule has 3 aromatic carbocycles. The van der Waals surface area contributed by atoms with Gasteiger partial charge < -0.3 is 0 Å². The summed E-state index contributed by atoms with van der Waals surface area (Å²) in [4.78, 5) is 0. The summed E-state index contributed by atoms with van der Waals surface area (Å²) in [6.45, 7) is 2.16. The third-order valence-electron chi connectivity index (χ3n) is 3.39. The zero-order chi connectivity index (χ0) is 13.1. The average Bonchev–Trinajstić information content (AvgIpc) is 2.48. The van der Waals surface area contributed by atoms with Gasteiger partial charge in [0.25, 0.3) is 0 Å². The Kier molecular flexibility index (Phi) is 3.16. The smallest absolute Gasteiger partial charge is 0.0178 e. The zero-order valence-corrected chi connectivity index (χ0v) is 11.0. The van der Waals surface area contributed by atoms with E-state index in [2.05, 4.69) is 79.7 Å². The van der Waals surface area contributed by atoms with E-state index in [9.17, 15) is 0 Å². The van der Waals surface area contributed by atoms with Crippen LogP contribution in [0, 0.1) is 0 Å². The Morgan fingerprint density at radius 2 is 1.42 bits per heavy atom. The first-order valence-electron chi connectivity index (χ1n) is 6.55. The highest BCUT2D eigenvalue weighted by Crippen LogP contribution is 2.22. The van der Waals surface area contributed by atoms with Crippen molar-refractivity contribution in [3.05, 3.63) is 83.9 Å². The second-order valence-corrected chi connectivity index (χ2v) is 4.80. The number of benzene rings is 3. The first kappa shape index (κ1) is 11.7. The van der Waals surface area contributed by atoms with Crippen LogP contribution in [0.3, 0.4) is 0 Å². The number of hydrogen-bond acceptors (Lipinski definition) is 0. The third-order valence-corrected chi connectivity index (χ3v) is 3.39. The molecule has 0 radical (unpaired) electrons. The van der Waals surface area contributed by atoms with Gasteiger partial charge in [-0.05, 0) is 40.5 Å². The topological polar surface area (TPSA) is 0 Å². The first-order chi connectivity index (χ1) is 9.33. The van der Waals surface area contributed by atoms with E-state index in [0.717, 1.165) is 0 Å². The van der Waals surface area contributed by atoms with Gasteiger partial charge in [-0.1, -0.05) is 72.8 Å². The molecule has 0 fully saturated rings. The highest BCUT2D eigenvalue weighted by atomic mass is 14.0. The fourth-order valence-corrected chi connectivity index (χ4v) is 2.32. The maximum Gasteiger partial charge on any atom is -0.0178 e. The largest absolute Gasteiger partial charge is 0.0622 e. The predicted molar refractivity (Wildman–Crippen MR) is 83.9 cm³/mol. The molecule has 0 aliphatic carbocycles. The molecule has 0 bridgehead atoms. The van der Waals surface area contributed by atoms with Crippen LogP contribution in [0.5, 0.6) is 0 Å². The molecule has 0 aliphatic rings. The fourth-order valence-electron chi connectivity index (χ4n) is 2.32. The van der Waals surface area contributed by atoms with Gasteiger partial charge in [-0.3, -0.25) is 0 Å². The number of rotatable bonds is 2. The van der Waals surface area contributed by atoms with Gasteiger partial charge in [0.1, 0.15) is 0 Å². The van der Waals surface area contributed by atoms with Gasteiger partial charge in [-0.2, -0.15) is 0 Å². The molecule has 0 N–H and O–H groups in total. The molecule has 0 heteroatoms. The quantitative estimate of drug-likeness (QED) is 0.529. The maximum atomic E-state index is 2.25. The minimum absolute atomic E-state index is 1.24. The number of allylic oxidation sites excluding steroid dienone is 1. The lowest BCUT2D eigenvalue weighted by molar-refractivity contribution is 1.60. The molecule has 19 heavy (non-hydrogen) atoms. The molecule has 3 rings (SSSR count). The van der Waals surface area contributed by atoms with Gasteiger partial charge in [0.05, 0.1) is 0 Å². The lowest BCUT2D eigenvalue weighted by atomic mass is 10.0. The van der Waals surface area contributed by atoms with Crippen molar-refractivity contribution in [3.63, 3.8) is 0 Å². The lowest BCUT2D eigenvalue weighted by Gasteiger charge is -2.04. The van der Waals surface area contributed by atoms with Crippen molar-refractivity contribution < 1.29 is 0 Å². The first-order valence-corrected chi connectivity index (χ1v) is 6.55. The highest BCUT2D eigenvalue weighted by molar-refractivity contribution is 5.89. The van der Waals surface area contributed by atoms with Gasteiger partial charge in [0, 0.05) is 0 Å². The van der Waals surface area contributed by atoms with Crippen molar-refractivity contribution >= 4 is 22.4 Å². The van der Waals surface area contributed by atoms with Crippen molar-refractivity contribution in [1.29, 1.82) is 0 Å². The molecule has 0 atom stereocenters. The molecular formula is C19H16. The Morgan fingerprint density at radius 1 is 0.737 bits per heavy atom. The van der Waals surface area contributed by atoms with Crippen LogP contribution in [0.15, 0.2) is 72.8 Å². The molecular weight excluding hydrogens is 228 g/mol. The van der Waals surface area contributed by atoms with Gasteiger partial charge in [-0.15, -0.1) is 0 Å². The standard InChI is InChI=1S/C19H16/c1-15(13-16-7-3-2-4-8-16)18-12-11-17-9-5-6-10-19(17)14-18/h2-14H,1H3/b15-13+. The van der Waals surface area contributed by atoms with Gasteiger partial charge in [0.15, 0.2) is 0 Å². The Hall–Kier alpha value is -2.34. The molecule has 0 aromatic heterocycles. The van der Waals surface area contributed by atoms with E-state index in [1.165, 1.54) is 27.5 Å². The summed E-state index contributed by atoms with van der Waals surface area (Å²) < 4.78 is 0.